The number of phenols is 2. The van der Waals surface area contributed by atoms with Crippen LogP contribution in [0.3, 0.4) is 0 Å². The topological polar surface area (TPSA) is 58.9 Å². The lowest BCUT2D eigenvalue weighted by Crippen LogP contribution is -2.66. The molecule has 0 aliphatic carbocycles. The van der Waals surface area contributed by atoms with Crippen molar-refractivity contribution in [2.45, 2.75) is 122 Å². The van der Waals surface area contributed by atoms with E-state index in [1.54, 1.807) is 12.1 Å². The van der Waals surface area contributed by atoms with Gasteiger partial charge in [-0.25, -0.2) is 0 Å². The van der Waals surface area contributed by atoms with Gasteiger partial charge in [0.15, 0.2) is 8.32 Å². The minimum Gasteiger partial charge on any atom is -0.508 e. The van der Waals surface area contributed by atoms with E-state index in [9.17, 15) is 10.2 Å². The Hall–Kier alpha value is -1.39. The minimum absolute atomic E-state index is 0.183. The molecule has 0 saturated carbocycles. The van der Waals surface area contributed by atoms with E-state index in [0.29, 0.717) is 11.5 Å². The zero-order chi connectivity index (χ0) is 28.8. The molecule has 2 aromatic carbocycles. The van der Waals surface area contributed by atoms with Gasteiger partial charge in [0.25, 0.3) is 0 Å². The highest BCUT2D eigenvalue weighted by Gasteiger charge is 2.52. The molecule has 214 valence electrons. The van der Waals surface area contributed by atoms with Crippen molar-refractivity contribution in [1.82, 2.24) is 0 Å². The van der Waals surface area contributed by atoms with Crippen molar-refractivity contribution in [3.05, 3.63) is 59.7 Å². The highest BCUT2D eigenvalue weighted by Crippen LogP contribution is 2.40. The van der Waals surface area contributed by atoms with Gasteiger partial charge in [-0.3, -0.25) is 0 Å². The maximum Gasteiger partial charge on any atom is 0.216 e. The summed E-state index contributed by atoms with van der Waals surface area (Å²) in [6.07, 6.45) is 4.79. The molecule has 0 aliphatic rings. The third-order valence-corrected chi connectivity index (χ3v) is 21.0. The largest absolute Gasteiger partial charge is 0.508 e. The van der Waals surface area contributed by atoms with Gasteiger partial charge in [0.2, 0.25) is 8.32 Å². The Labute approximate surface area is 236 Å². The first-order valence-corrected chi connectivity index (χ1v) is 23.6. The van der Waals surface area contributed by atoms with Gasteiger partial charge in [-0.05, 0) is 102 Å². The monoisotopic (exact) mass is 574 g/mol. The Kier molecular flexibility index (Phi) is 11.1. The van der Waals surface area contributed by atoms with Gasteiger partial charge in [0.1, 0.15) is 11.5 Å². The molecule has 7 heteroatoms. The van der Waals surface area contributed by atoms with Gasteiger partial charge in [0, 0.05) is 5.22 Å². The fraction of sp³-hybridized carbons (Fsp3) is 0.613. The Morgan fingerprint density at radius 2 is 1.13 bits per heavy atom. The van der Waals surface area contributed by atoms with Gasteiger partial charge in [-0.1, -0.05) is 68.9 Å². The van der Waals surface area contributed by atoms with Crippen molar-refractivity contribution in [3.8, 4) is 11.5 Å². The summed E-state index contributed by atoms with van der Waals surface area (Å²) in [5.74, 6) is 0.794. The average Bonchev–Trinajstić information content (AvgIpc) is 2.80. The lowest BCUT2D eigenvalue weighted by atomic mass is 10.1. The van der Waals surface area contributed by atoms with E-state index in [-0.39, 0.29) is 10.4 Å². The smallest absolute Gasteiger partial charge is 0.216 e. The molecule has 0 aliphatic heterocycles. The molecular formula is C31H54O4Si3. The Morgan fingerprint density at radius 3 is 1.58 bits per heavy atom. The molecule has 0 fully saturated rings. The third kappa shape index (κ3) is 8.55. The van der Waals surface area contributed by atoms with Crippen LogP contribution >= 0.6 is 0 Å². The number of benzene rings is 2. The van der Waals surface area contributed by atoms with E-state index in [1.807, 2.05) is 36.4 Å². The van der Waals surface area contributed by atoms with Gasteiger partial charge in [-0.2, -0.15) is 0 Å². The van der Waals surface area contributed by atoms with E-state index in [1.165, 1.54) is 0 Å². The normalized spacial score (nSPS) is 14.9. The van der Waals surface area contributed by atoms with Crippen LogP contribution in [-0.2, 0) is 21.7 Å². The van der Waals surface area contributed by atoms with Crippen LogP contribution in [0, 0.1) is 0 Å². The van der Waals surface area contributed by atoms with Crippen LogP contribution in [0.2, 0.25) is 51.4 Å². The Bertz CT molecular complexity index is 1040. The summed E-state index contributed by atoms with van der Waals surface area (Å²) in [7, 11) is -6.00. The quantitative estimate of drug-likeness (QED) is 0.209. The van der Waals surface area contributed by atoms with Crippen LogP contribution in [0.15, 0.2) is 48.5 Å². The molecule has 0 heterocycles. The molecule has 0 spiro atoms. The van der Waals surface area contributed by atoms with Crippen LogP contribution in [-0.4, -0.2) is 45.4 Å². The van der Waals surface area contributed by atoms with Crippen molar-refractivity contribution >= 4 is 24.7 Å². The fourth-order valence-electron chi connectivity index (χ4n) is 5.34. The second kappa shape index (κ2) is 12.9. The van der Waals surface area contributed by atoms with Crippen molar-refractivity contribution in [2.75, 3.05) is 0 Å². The number of phenolic OH excluding ortho intramolecular Hbond substituents is 2. The molecule has 2 N–H and O–H groups in total. The number of hydrogen-bond donors (Lipinski definition) is 2. The van der Waals surface area contributed by atoms with Gasteiger partial charge in [0.05, 0.1) is 13.3 Å². The number of aromatic hydroxyl groups is 2. The van der Waals surface area contributed by atoms with Gasteiger partial charge >= 0.3 is 0 Å². The summed E-state index contributed by atoms with van der Waals surface area (Å²) in [4.78, 5) is 0. The molecule has 0 bridgehead atoms. The third-order valence-electron chi connectivity index (χ3n) is 9.05. The maximum absolute atomic E-state index is 10.2. The number of aryl methyl sites for hydroxylation is 2. The first kappa shape index (κ1) is 32.8. The first-order valence-electron chi connectivity index (χ1n) is 14.4. The molecule has 0 amide bonds. The molecular weight excluding hydrogens is 521 g/mol. The van der Waals surface area contributed by atoms with Crippen LogP contribution in [0.1, 0.15) is 58.1 Å². The molecule has 0 aromatic heterocycles. The van der Waals surface area contributed by atoms with Crippen molar-refractivity contribution in [3.63, 3.8) is 0 Å². The minimum atomic E-state index is -2.27. The number of hydrogen-bond acceptors (Lipinski definition) is 4. The van der Waals surface area contributed by atoms with Gasteiger partial charge in [-0.15, -0.1) is 0 Å². The van der Waals surface area contributed by atoms with Crippen LogP contribution in [0.4, 0.5) is 0 Å². The predicted octanol–water partition coefficient (Wildman–Crippen LogP) is 8.84. The Balaban J connectivity index is 2.04. The lowest BCUT2D eigenvalue weighted by molar-refractivity contribution is 0.0842. The van der Waals surface area contributed by atoms with Crippen LogP contribution in [0.25, 0.3) is 0 Å². The molecule has 2 rings (SSSR count). The highest BCUT2D eigenvalue weighted by atomic mass is 28.4. The van der Waals surface area contributed by atoms with Crippen LogP contribution in [0.5, 0.6) is 11.5 Å². The average molecular weight is 575 g/mol. The molecule has 0 saturated heterocycles. The standard InChI is InChI=1S/C31H54O4Si3/c1-11-31(4,35-37(7,8)25-17-21-27-19-13-15-23-29(27)33)38(9,10)34-30(2,3)36(5,6)24-16-20-26-18-12-14-22-28(26)32/h12-15,18-19,22-23,32-33H,11,16-17,20-21,24-25H2,1-10H3. The molecule has 0 radical (unpaired) electrons. The zero-order valence-electron chi connectivity index (χ0n) is 25.8. The first-order chi connectivity index (χ1) is 17.5. The van der Waals surface area contributed by atoms with E-state index in [4.69, 9.17) is 8.85 Å². The molecule has 1 atom stereocenters. The van der Waals surface area contributed by atoms with Crippen LogP contribution < -0.4 is 0 Å². The number of para-hydroxylation sites is 2. The number of rotatable bonds is 15. The summed E-state index contributed by atoms with van der Waals surface area (Å²) < 4.78 is 14.3. The van der Waals surface area contributed by atoms with Crippen molar-refractivity contribution in [2.24, 2.45) is 0 Å². The molecule has 4 nitrogen and oxygen atoms in total. The zero-order valence-corrected chi connectivity index (χ0v) is 28.8. The maximum atomic E-state index is 10.2. The second-order valence-corrected chi connectivity index (χ2v) is 27.4. The SMILES string of the molecule is CCC(C)(O[Si](C)(C)CCCc1ccccc1O)[Si](C)(C)OC(C)(C)[Si](C)(C)CCCc1ccccc1O. The summed E-state index contributed by atoms with van der Waals surface area (Å²) in [5.41, 5.74) is 2.05. The Morgan fingerprint density at radius 1 is 0.684 bits per heavy atom. The predicted molar refractivity (Wildman–Crippen MR) is 170 cm³/mol. The van der Waals surface area contributed by atoms with E-state index in [2.05, 4.69) is 67.0 Å². The molecule has 2 aromatic rings. The molecule has 1 unspecified atom stereocenters. The van der Waals surface area contributed by atoms with Crippen molar-refractivity contribution < 1.29 is 19.1 Å². The summed E-state index contributed by atoms with van der Waals surface area (Å²) in [6, 6.07) is 17.5. The van der Waals surface area contributed by atoms with E-state index in [0.717, 1.165) is 55.3 Å². The van der Waals surface area contributed by atoms with E-state index >= 15 is 0 Å². The summed E-state index contributed by atoms with van der Waals surface area (Å²) >= 11 is 0. The van der Waals surface area contributed by atoms with Gasteiger partial charge < -0.3 is 19.1 Å². The lowest BCUT2D eigenvalue weighted by Gasteiger charge is -2.52. The molecule has 38 heavy (non-hydrogen) atoms. The second-order valence-electron chi connectivity index (χ2n) is 13.4. The fourth-order valence-corrected chi connectivity index (χ4v) is 15.5. The summed E-state index contributed by atoms with van der Waals surface area (Å²) in [5, 5.41) is 19.8. The summed E-state index contributed by atoms with van der Waals surface area (Å²) in [6.45, 7) is 23.4. The highest BCUT2D eigenvalue weighted by molar-refractivity contribution is 6.82. The van der Waals surface area contributed by atoms with E-state index < -0.39 is 24.7 Å². The van der Waals surface area contributed by atoms with Crippen molar-refractivity contribution in [1.29, 1.82) is 0 Å².